The van der Waals surface area contributed by atoms with Crippen LogP contribution >= 0.6 is 0 Å². The quantitative estimate of drug-likeness (QED) is 0.549. The van der Waals surface area contributed by atoms with Gasteiger partial charge in [-0.1, -0.05) is 18.2 Å². The maximum atomic E-state index is 11.6. The van der Waals surface area contributed by atoms with E-state index < -0.39 is 0 Å². The van der Waals surface area contributed by atoms with Gasteiger partial charge in [0.15, 0.2) is 5.43 Å². The van der Waals surface area contributed by atoms with Gasteiger partial charge >= 0.3 is 0 Å². The van der Waals surface area contributed by atoms with E-state index in [1.54, 1.807) is 12.1 Å². The SMILES string of the molecule is O=c1cccc2c1ccc1[nH]cccc12. The smallest absolute Gasteiger partial charge is 0.186 e. The molecule has 0 aliphatic carbocycles. The van der Waals surface area contributed by atoms with E-state index in [2.05, 4.69) is 4.98 Å². The van der Waals surface area contributed by atoms with Crippen molar-refractivity contribution in [3.8, 4) is 0 Å². The second-order valence-corrected chi connectivity index (χ2v) is 3.55. The minimum absolute atomic E-state index is 0.0817. The Bertz CT molecular complexity index is 697. The van der Waals surface area contributed by atoms with Gasteiger partial charge in [-0.15, -0.1) is 0 Å². The number of pyridine rings is 1. The highest BCUT2D eigenvalue weighted by Gasteiger charge is 2.01. The van der Waals surface area contributed by atoms with Crippen molar-refractivity contribution < 1.29 is 0 Å². The average molecular weight is 195 g/mol. The van der Waals surface area contributed by atoms with Crippen molar-refractivity contribution in [2.45, 2.75) is 0 Å². The Hall–Kier alpha value is -2.09. The molecule has 0 radical (unpaired) electrons. The highest BCUT2D eigenvalue weighted by molar-refractivity contribution is 6.05. The summed E-state index contributed by atoms with van der Waals surface area (Å²) in [5.74, 6) is 0. The number of aromatic nitrogens is 1. The van der Waals surface area contributed by atoms with Crippen LogP contribution in [0.4, 0.5) is 0 Å². The maximum absolute atomic E-state index is 11.6. The third kappa shape index (κ3) is 1.15. The standard InChI is InChI=1S/C13H9NO/c15-13-5-1-3-9-10-4-2-8-14-12(10)7-6-11(9)13/h1-8,14H. The second kappa shape index (κ2) is 2.95. The Kier molecular flexibility index (Phi) is 1.62. The van der Waals surface area contributed by atoms with Gasteiger partial charge in [0.1, 0.15) is 0 Å². The van der Waals surface area contributed by atoms with Gasteiger partial charge in [-0.05, 0) is 29.7 Å². The molecular weight excluding hydrogens is 186 g/mol. The van der Waals surface area contributed by atoms with Crippen LogP contribution in [0.5, 0.6) is 0 Å². The fourth-order valence-electron chi connectivity index (χ4n) is 1.94. The second-order valence-electron chi connectivity index (χ2n) is 3.55. The molecule has 0 saturated carbocycles. The summed E-state index contributed by atoms with van der Waals surface area (Å²) < 4.78 is 0. The minimum Gasteiger partial charge on any atom is -0.361 e. The lowest BCUT2D eigenvalue weighted by atomic mass is 10.1. The first-order chi connectivity index (χ1) is 7.36. The van der Waals surface area contributed by atoms with Crippen molar-refractivity contribution in [2.24, 2.45) is 0 Å². The molecule has 1 N–H and O–H groups in total. The Labute approximate surface area is 86.2 Å². The Morgan fingerprint density at radius 1 is 0.800 bits per heavy atom. The highest BCUT2D eigenvalue weighted by atomic mass is 16.1. The fraction of sp³-hybridized carbons (Fsp3) is 0. The average Bonchev–Trinajstić information content (AvgIpc) is 2.29. The van der Waals surface area contributed by atoms with Crippen LogP contribution in [-0.4, -0.2) is 4.98 Å². The van der Waals surface area contributed by atoms with E-state index in [0.29, 0.717) is 0 Å². The van der Waals surface area contributed by atoms with Crippen LogP contribution < -0.4 is 5.43 Å². The normalized spacial score (nSPS) is 10.9. The number of hydrogen-bond acceptors (Lipinski definition) is 1. The summed E-state index contributed by atoms with van der Waals surface area (Å²) in [6.07, 6.45) is 1.88. The molecule has 0 spiro atoms. The number of rotatable bonds is 0. The molecule has 2 aromatic carbocycles. The fourth-order valence-corrected chi connectivity index (χ4v) is 1.94. The van der Waals surface area contributed by atoms with E-state index in [0.717, 1.165) is 21.7 Å². The van der Waals surface area contributed by atoms with Crippen molar-refractivity contribution in [3.63, 3.8) is 0 Å². The van der Waals surface area contributed by atoms with Crippen LogP contribution in [0.3, 0.4) is 0 Å². The molecule has 3 aromatic rings. The molecule has 1 aromatic heterocycles. The zero-order valence-electron chi connectivity index (χ0n) is 8.03. The first kappa shape index (κ1) is 8.24. The maximum Gasteiger partial charge on any atom is 0.186 e. The topological polar surface area (TPSA) is 32.9 Å². The highest BCUT2D eigenvalue weighted by Crippen LogP contribution is 2.20. The van der Waals surface area contributed by atoms with Gasteiger partial charge in [0.25, 0.3) is 0 Å². The number of benzene rings is 2. The summed E-state index contributed by atoms with van der Waals surface area (Å²) in [6.45, 7) is 0. The van der Waals surface area contributed by atoms with E-state index in [-0.39, 0.29) is 5.43 Å². The molecule has 72 valence electrons. The molecule has 0 aliphatic heterocycles. The molecule has 0 atom stereocenters. The van der Waals surface area contributed by atoms with Crippen molar-refractivity contribution in [1.29, 1.82) is 0 Å². The molecule has 3 rings (SSSR count). The number of nitrogens with one attached hydrogen (secondary N) is 1. The van der Waals surface area contributed by atoms with Crippen molar-refractivity contribution in [2.75, 3.05) is 0 Å². The molecule has 0 bridgehead atoms. The number of fused-ring (bicyclic) bond motifs is 3. The van der Waals surface area contributed by atoms with Crippen LogP contribution in [0, 0.1) is 0 Å². The lowest BCUT2D eigenvalue weighted by molar-refractivity contribution is 1.42. The Morgan fingerprint density at radius 2 is 1.67 bits per heavy atom. The first-order valence-electron chi connectivity index (χ1n) is 4.85. The first-order valence-corrected chi connectivity index (χ1v) is 4.85. The van der Waals surface area contributed by atoms with Crippen LogP contribution in [0.25, 0.3) is 21.7 Å². The number of aromatic amines is 1. The molecule has 2 nitrogen and oxygen atoms in total. The minimum atomic E-state index is 0.0817. The van der Waals surface area contributed by atoms with Crippen molar-refractivity contribution in [3.05, 3.63) is 58.9 Å². The Morgan fingerprint density at radius 3 is 2.60 bits per heavy atom. The molecule has 0 unspecified atom stereocenters. The van der Waals surface area contributed by atoms with Crippen LogP contribution in [0.1, 0.15) is 0 Å². The van der Waals surface area contributed by atoms with Gasteiger partial charge < -0.3 is 4.98 Å². The van der Waals surface area contributed by atoms with E-state index in [4.69, 9.17) is 0 Å². The predicted octanol–water partition coefficient (Wildman–Crippen LogP) is 2.68. The summed E-state index contributed by atoms with van der Waals surface area (Å²) in [5.41, 5.74) is 1.13. The summed E-state index contributed by atoms with van der Waals surface area (Å²) in [5, 5.41) is 2.88. The predicted molar refractivity (Wildman–Crippen MR) is 62.1 cm³/mol. The van der Waals surface area contributed by atoms with Gasteiger partial charge in [0.2, 0.25) is 0 Å². The third-order valence-electron chi connectivity index (χ3n) is 2.66. The Balaban J connectivity index is 2.67. The molecule has 15 heavy (non-hydrogen) atoms. The number of hydrogen-bond donors (Lipinski definition) is 1. The van der Waals surface area contributed by atoms with Gasteiger partial charge in [0.05, 0.1) is 0 Å². The largest absolute Gasteiger partial charge is 0.361 e. The lowest BCUT2D eigenvalue weighted by Crippen LogP contribution is -1.97. The zero-order chi connectivity index (χ0) is 10.3. The summed E-state index contributed by atoms with van der Waals surface area (Å²) >= 11 is 0. The van der Waals surface area contributed by atoms with Crippen LogP contribution in [0.15, 0.2) is 53.5 Å². The van der Waals surface area contributed by atoms with Gasteiger partial charge in [0, 0.05) is 22.5 Å². The van der Waals surface area contributed by atoms with Crippen molar-refractivity contribution in [1.82, 2.24) is 4.98 Å². The number of H-pyrrole nitrogens is 1. The molecule has 0 fully saturated rings. The summed E-state index contributed by atoms with van der Waals surface area (Å²) in [6, 6.07) is 13.2. The molecule has 0 aliphatic rings. The van der Waals surface area contributed by atoms with Crippen LogP contribution in [0.2, 0.25) is 0 Å². The lowest BCUT2D eigenvalue weighted by Gasteiger charge is -2.02. The van der Waals surface area contributed by atoms with Crippen molar-refractivity contribution >= 4 is 21.7 Å². The van der Waals surface area contributed by atoms with E-state index in [1.165, 1.54) is 0 Å². The molecular formula is C13H9NO. The molecule has 1 heterocycles. The van der Waals surface area contributed by atoms with Gasteiger partial charge in [-0.25, -0.2) is 0 Å². The summed E-state index contributed by atoms with van der Waals surface area (Å²) in [7, 11) is 0. The van der Waals surface area contributed by atoms with E-state index in [1.807, 2.05) is 36.5 Å². The third-order valence-corrected chi connectivity index (χ3v) is 2.66. The van der Waals surface area contributed by atoms with Gasteiger partial charge in [-0.3, -0.25) is 4.79 Å². The molecule has 0 saturated heterocycles. The molecule has 2 heteroatoms. The summed E-state index contributed by atoms with van der Waals surface area (Å²) in [4.78, 5) is 14.8. The van der Waals surface area contributed by atoms with E-state index in [9.17, 15) is 4.79 Å². The molecule has 0 amide bonds. The van der Waals surface area contributed by atoms with Gasteiger partial charge in [-0.2, -0.15) is 0 Å². The van der Waals surface area contributed by atoms with Crippen LogP contribution in [-0.2, 0) is 0 Å². The van der Waals surface area contributed by atoms with E-state index >= 15 is 0 Å². The monoisotopic (exact) mass is 195 g/mol. The zero-order valence-corrected chi connectivity index (χ0v) is 8.03.